The summed E-state index contributed by atoms with van der Waals surface area (Å²) in [5.74, 6) is 0.707. The maximum Gasteiger partial charge on any atom is 0.349 e. The molecule has 10 nitrogen and oxygen atoms in total. The minimum absolute atomic E-state index is 0.206. The molecule has 11 heteroatoms. The molecule has 1 fully saturated rings. The van der Waals surface area contributed by atoms with Crippen LogP contribution in [0.4, 0.5) is 10.8 Å². The van der Waals surface area contributed by atoms with Gasteiger partial charge in [-0.05, 0) is 24.3 Å². The summed E-state index contributed by atoms with van der Waals surface area (Å²) in [5, 5.41) is 3.55. The van der Waals surface area contributed by atoms with Crippen molar-refractivity contribution in [3.8, 4) is 17.2 Å². The maximum absolute atomic E-state index is 13.0. The van der Waals surface area contributed by atoms with E-state index in [9.17, 15) is 9.59 Å². The molecule has 33 heavy (non-hydrogen) atoms. The maximum atomic E-state index is 13.0. The average molecular weight is 468 g/mol. The molecule has 4 heterocycles. The molecule has 170 valence electrons. The second kappa shape index (κ2) is 9.04. The van der Waals surface area contributed by atoms with Crippen molar-refractivity contribution < 1.29 is 18.7 Å². The van der Waals surface area contributed by atoms with E-state index < -0.39 is 5.69 Å². The summed E-state index contributed by atoms with van der Waals surface area (Å²) in [7, 11) is 1.55. The van der Waals surface area contributed by atoms with Crippen molar-refractivity contribution in [1.29, 1.82) is 0 Å². The van der Waals surface area contributed by atoms with Crippen LogP contribution >= 0.6 is 11.3 Å². The molecule has 0 unspecified atom stereocenters. The van der Waals surface area contributed by atoms with Crippen LogP contribution in [0.15, 0.2) is 51.9 Å². The highest BCUT2D eigenvalue weighted by atomic mass is 32.1. The van der Waals surface area contributed by atoms with Gasteiger partial charge in [-0.15, -0.1) is 0 Å². The van der Waals surface area contributed by atoms with Crippen molar-refractivity contribution in [2.45, 2.75) is 6.54 Å². The number of aromatic nitrogens is 3. The highest BCUT2D eigenvalue weighted by Gasteiger charge is 2.23. The van der Waals surface area contributed by atoms with E-state index in [1.807, 2.05) is 0 Å². The van der Waals surface area contributed by atoms with Gasteiger partial charge in [0.2, 0.25) is 5.91 Å². The van der Waals surface area contributed by atoms with Crippen molar-refractivity contribution in [2.24, 2.45) is 0 Å². The summed E-state index contributed by atoms with van der Waals surface area (Å²) < 4.78 is 17.5. The molecule has 1 aromatic carbocycles. The van der Waals surface area contributed by atoms with Gasteiger partial charge in [0.1, 0.15) is 28.3 Å². The lowest BCUT2D eigenvalue weighted by Gasteiger charge is -2.25. The summed E-state index contributed by atoms with van der Waals surface area (Å²) in [6.45, 7) is 2.40. The quantitative estimate of drug-likeness (QED) is 0.461. The Balaban J connectivity index is 1.52. The highest BCUT2D eigenvalue weighted by Crippen LogP contribution is 2.33. The minimum atomic E-state index is -0.549. The Hall–Kier alpha value is -3.70. The number of amides is 1. The Morgan fingerprint density at radius 3 is 2.82 bits per heavy atom. The molecule has 1 N–H and O–H groups in total. The number of hydrogen-bond donors (Lipinski definition) is 1. The van der Waals surface area contributed by atoms with Crippen LogP contribution in [0.1, 0.15) is 0 Å². The number of hydrogen-bond acceptors (Lipinski definition) is 9. The molecule has 0 radical (unpaired) electrons. The van der Waals surface area contributed by atoms with Crippen LogP contribution < -0.4 is 20.6 Å². The number of rotatable bonds is 6. The number of furan rings is 1. The largest absolute Gasteiger partial charge is 0.497 e. The summed E-state index contributed by atoms with van der Waals surface area (Å²) in [4.78, 5) is 37.4. The molecule has 1 amide bonds. The third-order valence-electron chi connectivity index (χ3n) is 5.20. The number of ether oxygens (including phenoxy) is 2. The lowest BCUT2D eigenvalue weighted by atomic mass is 10.3. The predicted molar refractivity (Wildman–Crippen MR) is 124 cm³/mol. The molecule has 4 aromatic rings. The summed E-state index contributed by atoms with van der Waals surface area (Å²) in [5.41, 5.74) is 0.902. The van der Waals surface area contributed by atoms with E-state index in [0.29, 0.717) is 59.5 Å². The standard InChI is InChI=1S/C22H21N5O5S/c1-30-15-5-2-4-14(12-15)23-17(28)13-27-20-19(18(24-21(27)29)16-6-3-9-32-16)25-22(33-20)26-7-10-31-11-8-26/h2-6,9,12H,7-8,10-11,13H2,1H3,(H,23,28). The van der Waals surface area contributed by atoms with E-state index >= 15 is 0 Å². The molecular formula is C22H21N5O5S. The fraction of sp³-hybridized carbons (Fsp3) is 0.273. The van der Waals surface area contributed by atoms with Crippen molar-refractivity contribution in [3.05, 3.63) is 53.1 Å². The smallest absolute Gasteiger partial charge is 0.349 e. The number of morpholine rings is 1. The van der Waals surface area contributed by atoms with Gasteiger partial charge >= 0.3 is 5.69 Å². The van der Waals surface area contributed by atoms with Crippen LogP contribution in [0, 0.1) is 0 Å². The molecule has 1 aliphatic heterocycles. The molecular weight excluding hydrogens is 446 g/mol. The minimum Gasteiger partial charge on any atom is -0.497 e. The first-order valence-electron chi connectivity index (χ1n) is 10.3. The number of benzene rings is 1. The van der Waals surface area contributed by atoms with Gasteiger partial charge in [-0.3, -0.25) is 9.36 Å². The number of thiazole rings is 1. The molecule has 0 saturated carbocycles. The topological polar surface area (TPSA) is 112 Å². The summed E-state index contributed by atoms with van der Waals surface area (Å²) in [6, 6.07) is 10.5. The molecule has 0 bridgehead atoms. The molecule has 1 aliphatic rings. The average Bonchev–Trinajstić information content (AvgIpc) is 3.52. The zero-order valence-corrected chi connectivity index (χ0v) is 18.6. The van der Waals surface area contributed by atoms with Gasteiger partial charge in [0.05, 0.1) is 26.6 Å². The number of carbonyl (C=O) groups is 1. The fourth-order valence-electron chi connectivity index (χ4n) is 3.59. The van der Waals surface area contributed by atoms with Gasteiger partial charge < -0.3 is 24.1 Å². The number of carbonyl (C=O) groups excluding carboxylic acids is 1. The van der Waals surface area contributed by atoms with E-state index in [4.69, 9.17) is 18.9 Å². The molecule has 0 spiro atoms. The van der Waals surface area contributed by atoms with Gasteiger partial charge in [0.25, 0.3) is 0 Å². The van der Waals surface area contributed by atoms with Crippen LogP contribution in [-0.2, 0) is 16.1 Å². The van der Waals surface area contributed by atoms with Crippen LogP contribution in [0.3, 0.4) is 0 Å². The molecule has 0 atom stereocenters. The van der Waals surface area contributed by atoms with Crippen LogP contribution in [-0.4, -0.2) is 53.9 Å². The lowest BCUT2D eigenvalue weighted by molar-refractivity contribution is -0.116. The van der Waals surface area contributed by atoms with Gasteiger partial charge in [0, 0.05) is 24.8 Å². The van der Waals surface area contributed by atoms with Crippen LogP contribution in [0.5, 0.6) is 5.75 Å². The van der Waals surface area contributed by atoms with Crippen LogP contribution in [0.2, 0.25) is 0 Å². The number of fused-ring (bicyclic) bond motifs is 1. The second-order valence-corrected chi connectivity index (χ2v) is 8.29. The second-order valence-electron chi connectivity index (χ2n) is 7.34. The molecule has 0 aliphatic carbocycles. The number of nitrogens with one attached hydrogen (secondary N) is 1. The van der Waals surface area contributed by atoms with Crippen LogP contribution in [0.25, 0.3) is 21.8 Å². The Labute approximate surface area is 192 Å². The fourth-order valence-corrected chi connectivity index (χ4v) is 4.71. The first-order valence-corrected chi connectivity index (χ1v) is 11.2. The SMILES string of the molecule is COc1cccc(NC(=O)Cn2c(=O)nc(-c3ccco3)c3nc(N4CCOCC4)sc32)c1. The Kier molecular flexibility index (Phi) is 5.80. The summed E-state index contributed by atoms with van der Waals surface area (Å²) >= 11 is 1.35. The van der Waals surface area contributed by atoms with Gasteiger partial charge in [-0.2, -0.15) is 4.98 Å². The van der Waals surface area contributed by atoms with E-state index in [0.717, 1.165) is 5.13 Å². The molecule has 5 rings (SSSR count). The Morgan fingerprint density at radius 2 is 2.06 bits per heavy atom. The first kappa shape index (κ1) is 21.2. The van der Waals surface area contributed by atoms with Gasteiger partial charge in [-0.25, -0.2) is 9.78 Å². The number of methoxy groups -OCH3 is 1. The van der Waals surface area contributed by atoms with Gasteiger partial charge in [0.15, 0.2) is 10.9 Å². The Bertz CT molecular complexity index is 1340. The van der Waals surface area contributed by atoms with Crippen molar-refractivity contribution >= 4 is 38.4 Å². The lowest BCUT2D eigenvalue weighted by Crippen LogP contribution is -2.36. The van der Waals surface area contributed by atoms with Crippen molar-refractivity contribution in [3.63, 3.8) is 0 Å². The molecule has 1 saturated heterocycles. The zero-order valence-electron chi connectivity index (χ0n) is 17.8. The number of nitrogens with zero attached hydrogens (tertiary/aromatic N) is 4. The van der Waals surface area contributed by atoms with E-state index in [1.165, 1.54) is 22.2 Å². The zero-order chi connectivity index (χ0) is 22.8. The summed E-state index contributed by atoms with van der Waals surface area (Å²) in [6.07, 6.45) is 1.52. The van der Waals surface area contributed by atoms with E-state index in [2.05, 4.69) is 15.2 Å². The molecule has 3 aromatic heterocycles. The van der Waals surface area contributed by atoms with E-state index in [-0.39, 0.29) is 12.5 Å². The monoisotopic (exact) mass is 467 g/mol. The predicted octanol–water partition coefficient (Wildman–Crippen LogP) is 2.60. The van der Waals surface area contributed by atoms with Crippen molar-refractivity contribution in [2.75, 3.05) is 43.6 Å². The van der Waals surface area contributed by atoms with Crippen molar-refractivity contribution in [1.82, 2.24) is 14.5 Å². The number of anilines is 2. The highest BCUT2D eigenvalue weighted by molar-refractivity contribution is 7.22. The third-order valence-corrected chi connectivity index (χ3v) is 6.34. The third kappa shape index (κ3) is 4.32. The Morgan fingerprint density at radius 1 is 1.21 bits per heavy atom. The first-order chi connectivity index (χ1) is 16.1. The van der Waals surface area contributed by atoms with E-state index in [1.54, 1.807) is 43.5 Å². The normalized spacial score (nSPS) is 13.9. The van der Waals surface area contributed by atoms with Gasteiger partial charge in [-0.1, -0.05) is 17.4 Å².